The van der Waals surface area contributed by atoms with Gasteiger partial charge in [0.2, 0.25) is 5.91 Å². The largest absolute Gasteiger partial charge is 0.496 e. The number of benzene rings is 1. The maximum absolute atomic E-state index is 12.4. The molecule has 5 nitrogen and oxygen atoms in total. The normalized spacial score (nSPS) is 19.2. The van der Waals surface area contributed by atoms with Crippen LogP contribution in [0, 0.1) is 11.8 Å². The SMILES string of the molecule is COc1ccccc1CN1CCC([C@@H](NC(=O)C2CC2)c2ccccn2)CC1. The van der Waals surface area contributed by atoms with Crippen molar-refractivity contribution in [2.24, 2.45) is 11.8 Å². The number of methoxy groups -OCH3 is 1. The fraction of sp³-hybridized carbons (Fsp3) is 0.478. The molecule has 1 N–H and O–H groups in total. The summed E-state index contributed by atoms with van der Waals surface area (Å²) in [7, 11) is 1.73. The molecular formula is C23H29N3O2. The number of ether oxygens (including phenoxy) is 1. The summed E-state index contributed by atoms with van der Waals surface area (Å²) in [5.41, 5.74) is 2.21. The maximum atomic E-state index is 12.4. The van der Waals surface area contributed by atoms with Crippen LogP contribution in [-0.2, 0) is 11.3 Å². The van der Waals surface area contributed by atoms with Crippen LogP contribution in [-0.4, -0.2) is 36.0 Å². The van der Waals surface area contributed by atoms with Gasteiger partial charge >= 0.3 is 0 Å². The van der Waals surface area contributed by atoms with Crippen molar-refractivity contribution in [2.45, 2.75) is 38.3 Å². The number of hydrogen-bond acceptors (Lipinski definition) is 4. The van der Waals surface area contributed by atoms with Crippen LogP contribution in [0.5, 0.6) is 5.75 Å². The number of para-hydroxylation sites is 1. The van der Waals surface area contributed by atoms with E-state index < -0.39 is 0 Å². The lowest BCUT2D eigenvalue weighted by Crippen LogP contribution is -2.41. The topological polar surface area (TPSA) is 54.5 Å². The number of amides is 1. The standard InChI is InChI=1S/C23H29N3O2/c1-28-21-8-3-2-6-19(21)16-26-14-11-17(12-15-26)22(20-7-4-5-13-24-20)25-23(27)18-9-10-18/h2-8,13,17-18,22H,9-12,14-16H2,1H3,(H,25,27)/t22-/m1/s1. The first kappa shape index (κ1) is 18.9. The Morgan fingerprint density at radius 3 is 2.57 bits per heavy atom. The second-order valence-electron chi connectivity index (χ2n) is 7.94. The Balaban J connectivity index is 1.40. The van der Waals surface area contributed by atoms with Gasteiger partial charge in [0.1, 0.15) is 5.75 Å². The van der Waals surface area contributed by atoms with Crippen LogP contribution in [0.1, 0.15) is 43.0 Å². The van der Waals surface area contributed by atoms with Gasteiger partial charge < -0.3 is 10.1 Å². The number of nitrogens with zero attached hydrogens (tertiary/aromatic N) is 2. The number of carbonyl (C=O) groups is 1. The van der Waals surface area contributed by atoms with Gasteiger partial charge in [-0.25, -0.2) is 0 Å². The quantitative estimate of drug-likeness (QED) is 0.799. The van der Waals surface area contributed by atoms with Crippen molar-refractivity contribution >= 4 is 5.91 Å². The van der Waals surface area contributed by atoms with Gasteiger partial charge in [0.15, 0.2) is 0 Å². The molecule has 1 aromatic carbocycles. The molecule has 2 aromatic rings. The summed E-state index contributed by atoms with van der Waals surface area (Å²) in [5.74, 6) is 1.79. The zero-order chi connectivity index (χ0) is 19.3. The van der Waals surface area contributed by atoms with E-state index in [1.54, 1.807) is 7.11 Å². The van der Waals surface area contributed by atoms with Crippen LogP contribution in [0.3, 0.4) is 0 Å². The highest BCUT2D eigenvalue weighted by atomic mass is 16.5. The number of hydrogen-bond donors (Lipinski definition) is 1. The van der Waals surface area contributed by atoms with E-state index in [2.05, 4.69) is 27.3 Å². The molecule has 0 radical (unpaired) electrons. The molecule has 1 saturated carbocycles. The minimum atomic E-state index is 0.0164. The van der Waals surface area contributed by atoms with Crippen LogP contribution < -0.4 is 10.1 Å². The van der Waals surface area contributed by atoms with E-state index >= 15 is 0 Å². The summed E-state index contributed by atoms with van der Waals surface area (Å²) >= 11 is 0. The summed E-state index contributed by atoms with van der Waals surface area (Å²) in [6, 6.07) is 14.2. The first-order valence-corrected chi connectivity index (χ1v) is 10.3. The molecule has 0 unspecified atom stereocenters. The molecule has 1 saturated heterocycles. The van der Waals surface area contributed by atoms with Crippen molar-refractivity contribution in [1.82, 2.24) is 15.2 Å². The van der Waals surface area contributed by atoms with E-state index in [4.69, 9.17) is 4.74 Å². The third kappa shape index (κ3) is 4.53. The van der Waals surface area contributed by atoms with Crippen molar-refractivity contribution in [3.63, 3.8) is 0 Å². The predicted octanol–water partition coefficient (Wildman–Crippen LogP) is 3.57. The Bertz CT molecular complexity index is 783. The van der Waals surface area contributed by atoms with Crippen LogP contribution in [0.2, 0.25) is 0 Å². The van der Waals surface area contributed by atoms with Crippen LogP contribution in [0.25, 0.3) is 0 Å². The molecule has 4 rings (SSSR count). The first-order chi connectivity index (χ1) is 13.7. The highest BCUT2D eigenvalue weighted by Crippen LogP contribution is 2.34. The summed E-state index contributed by atoms with van der Waals surface area (Å²) in [6.07, 6.45) is 5.99. The molecule has 1 aromatic heterocycles. The second kappa shape index (κ2) is 8.74. The molecule has 2 fully saturated rings. The summed E-state index contributed by atoms with van der Waals surface area (Å²) in [4.78, 5) is 19.5. The molecule has 1 aliphatic heterocycles. The second-order valence-corrected chi connectivity index (χ2v) is 7.94. The molecule has 1 amide bonds. The van der Waals surface area contributed by atoms with Crippen LogP contribution in [0.4, 0.5) is 0 Å². The lowest BCUT2D eigenvalue weighted by atomic mass is 9.87. The van der Waals surface area contributed by atoms with Crippen molar-refractivity contribution in [3.8, 4) is 5.75 Å². The molecule has 2 aliphatic rings. The Kier molecular flexibility index (Phi) is 5.91. The number of carbonyl (C=O) groups excluding carboxylic acids is 1. The number of likely N-dealkylation sites (tertiary alicyclic amines) is 1. The zero-order valence-electron chi connectivity index (χ0n) is 16.5. The smallest absolute Gasteiger partial charge is 0.223 e. The maximum Gasteiger partial charge on any atom is 0.223 e. The van der Waals surface area contributed by atoms with Crippen molar-refractivity contribution in [1.29, 1.82) is 0 Å². The fourth-order valence-corrected chi connectivity index (χ4v) is 4.13. The summed E-state index contributed by atoms with van der Waals surface area (Å²) in [5, 5.41) is 3.31. The fourth-order valence-electron chi connectivity index (χ4n) is 4.13. The van der Waals surface area contributed by atoms with E-state index in [9.17, 15) is 4.79 Å². The molecule has 1 atom stereocenters. The van der Waals surface area contributed by atoms with E-state index in [1.807, 2.05) is 36.5 Å². The number of aromatic nitrogens is 1. The van der Waals surface area contributed by atoms with Gasteiger partial charge in [0, 0.05) is 24.2 Å². The average molecular weight is 380 g/mol. The van der Waals surface area contributed by atoms with Crippen molar-refractivity contribution in [2.75, 3.05) is 20.2 Å². The summed E-state index contributed by atoms with van der Waals surface area (Å²) in [6.45, 7) is 2.94. The van der Waals surface area contributed by atoms with Gasteiger partial charge in [-0.15, -0.1) is 0 Å². The lowest BCUT2D eigenvalue weighted by molar-refractivity contribution is -0.123. The molecular weight excluding hydrogens is 350 g/mol. The average Bonchev–Trinajstić information content (AvgIpc) is 3.59. The van der Waals surface area contributed by atoms with E-state index in [0.717, 1.165) is 56.8 Å². The molecule has 5 heteroatoms. The first-order valence-electron chi connectivity index (χ1n) is 10.3. The molecule has 1 aliphatic carbocycles. The molecule has 0 bridgehead atoms. The summed E-state index contributed by atoms with van der Waals surface area (Å²) < 4.78 is 5.49. The number of rotatable bonds is 7. The Labute approximate surface area is 167 Å². The van der Waals surface area contributed by atoms with E-state index in [-0.39, 0.29) is 17.9 Å². The van der Waals surface area contributed by atoms with Crippen molar-refractivity contribution in [3.05, 3.63) is 59.9 Å². The lowest BCUT2D eigenvalue weighted by Gasteiger charge is -2.36. The van der Waals surface area contributed by atoms with Gasteiger partial charge in [0.05, 0.1) is 18.8 Å². The number of nitrogens with one attached hydrogen (secondary N) is 1. The Morgan fingerprint density at radius 2 is 1.89 bits per heavy atom. The molecule has 28 heavy (non-hydrogen) atoms. The Hall–Kier alpha value is -2.40. The van der Waals surface area contributed by atoms with Crippen LogP contribution in [0.15, 0.2) is 48.7 Å². The van der Waals surface area contributed by atoms with E-state index in [0.29, 0.717) is 5.92 Å². The van der Waals surface area contributed by atoms with Gasteiger partial charge in [-0.05, 0) is 62.9 Å². The highest BCUT2D eigenvalue weighted by Gasteiger charge is 2.35. The number of pyridine rings is 1. The minimum Gasteiger partial charge on any atom is -0.496 e. The monoisotopic (exact) mass is 379 g/mol. The van der Waals surface area contributed by atoms with Gasteiger partial charge in [0.25, 0.3) is 0 Å². The molecule has 0 spiro atoms. The van der Waals surface area contributed by atoms with Gasteiger partial charge in [-0.1, -0.05) is 24.3 Å². The third-order valence-corrected chi connectivity index (χ3v) is 5.94. The molecule has 2 heterocycles. The van der Waals surface area contributed by atoms with Gasteiger partial charge in [-0.2, -0.15) is 0 Å². The Morgan fingerprint density at radius 1 is 1.14 bits per heavy atom. The predicted molar refractivity (Wildman–Crippen MR) is 109 cm³/mol. The zero-order valence-corrected chi connectivity index (χ0v) is 16.5. The van der Waals surface area contributed by atoms with Crippen LogP contribution >= 0.6 is 0 Å². The third-order valence-electron chi connectivity index (χ3n) is 5.94. The van der Waals surface area contributed by atoms with Crippen molar-refractivity contribution < 1.29 is 9.53 Å². The highest BCUT2D eigenvalue weighted by molar-refractivity contribution is 5.81. The van der Waals surface area contributed by atoms with E-state index in [1.165, 1.54) is 5.56 Å². The molecule has 148 valence electrons. The minimum absolute atomic E-state index is 0.0164. The van der Waals surface area contributed by atoms with Gasteiger partial charge in [-0.3, -0.25) is 14.7 Å². The number of piperidine rings is 1.